The van der Waals surface area contributed by atoms with Crippen molar-refractivity contribution in [3.8, 4) is 0 Å². The molecule has 1 N–H and O–H groups in total. The quantitative estimate of drug-likeness (QED) is 0.908. The zero-order valence-corrected chi connectivity index (χ0v) is 11.3. The van der Waals surface area contributed by atoms with E-state index in [1.807, 2.05) is 11.7 Å². The lowest BCUT2D eigenvalue weighted by Crippen LogP contribution is -2.14. The van der Waals surface area contributed by atoms with Gasteiger partial charge in [-0.05, 0) is 45.5 Å². The molecule has 0 saturated heterocycles. The van der Waals surface area contributed by atoms with Crippen LogP contribution < -0.4 is 5.32 Å². The summed E-state index contributed by atoms with van der Waals surface area (Å²) in [4.78, 5) is 1.33. The van der Waals surface area contributed by atoms with Gasteiger partial charge >= 0.3 is 0 Å². The average Bonchev–Trinajstić information content (AvgIpc) is 2.85. The van der Waals surface area contributed by atoms with Crippen LogP contribution in [0.25, 0.3) is 0 Å². The average molecular weight is 302 g/mol. The molecule has 2 aromatic heterocycles. The van der Waals surface area contributed by atoms with Crippen LogP contribution in [0.5, 0.6) is 0 Å². The minimum atomic E-state index is 0.696. The van der Waals surface area contributed by atoms with E-state index in [9.17, 15) is 0 Å². The second kappa shape index (κ2) is 5.51. The van der Waals surface area contributed by atoms with Gasteiger partial charge in [0.05, 0.1) is 10.3 Å². The van der Waals surface area contributed by atoms with Crippen molar-refractivity contribution in [3.05, 3.63) is 26.6 Å². The Kier molecular flexibility index (Phi) is 4.03. The van der Waals surface area contributed by atoms with E-state index in [0.29, 0.717) is 6.54 Å². The summed E-state index contributed by atoms with van der Waals surface area (Å²) in [7, 11) is 1.88. The Bertz CT molecular complexity index is 452. The lowest BCUT2D eigenvalue weighted by Gasteiger charge is -2.02. The maximum Gasteiger partial charge on any atom is 0.165 e. The number of hydrogen-bond donors (Lipinski definition) is 1. The lowest BCUT2D eigenvalue weighted by atomic mass is 10.3. The summed E-state index contributed by atoms with van der Waals surface area (Å²) in [6, 6.07) is 4.19. The Hall–Kier alpha value is -0.790. The van der Waals surface area contributed by atoms with Gasteiger partial charge in [0, 0.05) is 17.8 Å². The highest BCUT2D eigenvalue weighted by atomic mass is 79.9. The van der Waals surface area contributed by atoms with Crippen LogP contribution in [-0.2, 0) is 19.5 Å². The van der Waals surface area contributed by atoms with E-state index in [1.54, 1.807) is 11.3 Å². The van der Waals surface area contributed by atoms with Gasteiger partial charge in [-0.25, -0.2) is 4.68 Å². The van der Waals surface area contributed by atoms with Crippen molar-refractivity contribution < 1.29 is 0 Å². The summed E-state index contributed by atoms with van der Waals surface area (Å²) < 4.78 is 3.00. The van der Waals surface area contributed by atoms with E-state index in [4.69, 9.17) is 0 Å². The summed E-state index contributed by atoms with van der Waals surface area (Å²) in [5.41, 5.74) is 0. The first-order valence-corrected chi connectivity index (χ1v) is 6.54. The van der Waals surface area contributed by atoms with Gasteiger partial charge in [0.25, 0.3) is 0 Å². The predicted molar refractivity (Wildman–Crippen MR) is 66.3 cm³/mol. The molecule has 2 aromatic rings. The number of tetrazole rings is 1. The zero-order chi connectivity index (χ0) is 11.4. The molecule has 7 heteroatoms. The Balaban J connectivity index is 1.96. The number of aromatic nitrogens is 4. The number of halogens is 1. The second-order valence-corrected chi connectivity index (χ2v) is 5.85. The number of rotatable bonds is 5. The lowest BCUT2D eigenvalue weighted by molar-refractivity contribution is 0.555. The Morgan fingerprint density at radius 2 is 2.38 bits per heavy atom. The van der Waals surface area contributed by atoms with E-state index < -0.39 is 0 Å². The van der Waals surface area contributed by atoms with E-state index in [0.717, 1.165) is 22.6 Å². The molecule has 0 bridgehead atoms. The summed E-state index contributed by atoms with van der Waals surface area (Å²) in [6.07, 6.45) is 0.956. The number of nitrogens with zero attached hydrogens (tertiary/aromatic N) is 4. The standard InChI is InChI=1S/C9H12BrN5S/c1-11-6-9-12-13-14-15(9)5-4-7-2-3-8(10)16-7/h2-3,11H,4-6H2,1H3. The molecule has 0 radical (unpaired) electrons. The third-order valence-electron chi connectivity index (χ3n) is 2.14. The van der Waals surface area contributed by atoms with Crippen molar-refractivity contribution >= 4 is 27.3 Å². The molecule has 86 valence electrons. The molecule has 5 nitrogen and oxygen atoms in total. The molecule has 0 aliphatic heterocycles. The number of hydrogen-bond acceptors (Lipinski definition) is 5. The Morgan fingerprint density at radius 3 is 3.06 bits per heavy atom. The third-order valence-corrected chi connectivity index (χ3v) is 3.82. The van der Waals surface area contributed by atoms with E-state index in [2.05, 4.69) is 48.9 Å². The smallest absolute Gasteiger partial charge is 0.165 e. The number of nitrogens with one attached hydrogen (secondary N) is 1. The molecule has 0 aromatic carbocycles. The number of thiophene rings is 1. The zero-order valence-electron chi connectivity index (χ0n) is 8.85. The molecule has 0 spiro atoms. The summed E-state index contributed by atoms with van der Waals surface area (Å²) >= 11 is 5.20. The molecule has 16 heavy (non-hydrogen) atoms. The summed E-state index contributed by atoms with van der Waals surface area (Å²) in [5.74, 6) is 0.873. The highest BCUT2D eigenvalue weighted by Crippen LogP contribution is 2.22. The first-order valence-electron chi connectivity index (χ1n) is 4.93. The van der Waals surface area contributed by atoms with Gasteiger partial charge in [-0.15, -0.1) is 16.4 Å². The normalized spacial score (nSPS) is 10.9. The van der Waals surface area contributed by atoms with Crippen LogP contribution in [0.1, 0.15) is 10.7 Å². The fraction of sp³-hybridized carbons (Fsp3) is 0.444. The van der Waals surface area contributed by atoms with Crippen molar-refractivity contribution in [2.75, 3.05) is 7.05 Å². The molecule has 0 amide bonds. The van der Waals surface area contributed by atoms with E-state index in [-0.39, 0.29) is 0 Å². The minimum Gasteiger partial charge on any atom is -0.313 e. The fourth-order valence-corrected chi connectivity index (χ4v) is 2.86. The first kappa shape index (κ1) is 11.7. The Labute approximate surface area is 106 Å². The highest BCUT2D eigenvalue weighted by Gasteiger charge is 2.05. The van der Waals surface area contributed by atoms with Crippen LogP contribution in [0.3, 0.4) is 0 Å². The van der Waals surface area contributed by atoms with Gasteiger partial charge in [-0.3, -0.25) is 0 Å². The van der Waals surface area contributed by atoms with E-state index >= 15 is 0 Å². The minimum absolute atomic E-state index is 0.696. The van der Waals surface area contributed by atoms with Crippen molar-refractivity contribution in [2.45, 2.75) is 19.5 Å². The molecule has 2 rings (SSSR count). The van der Waals surface area contributed by atoms with Crippen LogP contribution in [0.4, 0.5) is 0 Å². The highest BCUT2D eigenvalue weighted by molar-refractivity contribution is 9.11. The van der Waals surface area contributed by atoms with Crippen LogP contribution in [0, 0.1) is 0 Å². The Morgan fingerprint density at radius 1 is 1.50 bits per heavy atom. The van der Waals surface area contributed by atoms with Crippen molar-refractivity contribution in [3.63, 3.8) is 0 Å². The molecular weight excluding hydrogens is 290 g/mol. The second-order valence-electron chi connectivity index (χ2n) is 3.30. The topological polar surface area (TPSA) is 55.6 Å². The van der Waals surface area contributed by atoms with Gasteiger partial charge < -0.3 is 5.32 Å². The largest absolute Gasteiger partial charge is 0.313 e. The van der Waals surface area contributed by atoms with Crippen molar-refractivity contribution in [1.82, 2.24) is 25.5 Å². The maximum atomic E-state index is 3.97. The monoisotopic (exact) mass is 301 g/mol. The van der Waals surface area contributed by atoms with Gasteiger partial charge in [0.1, 0.15) is 0 Å². The summed E-state index contributed by atoms with van der Waals surface area (Å²) in [5, 5.41) is 14.6. The van der Waals surface area contributed by atoms with Gasteiger partial charge in [0.2, 0.25) is 0 Å². The molecule has 0 unspecified atom stereocenters. The molecule has 2 heterocycles. The molecule has 0 fully saturated rings. The van der Waals surface area contributed by atoms with Crippen LogP contribution in [0.15, 0.2) is 15.9 Å². The van der Waals surface area contributed by atoms with E-state index in [1.165, 1.54) is 4.88 Å². The summed E-state index contributed by atoms with van der Waals surface area (Å²) in [6.45, 7) is 1.51. The molecule has 0 aliphatic carbocycles. The van der Waals surface area contributed by atoms with Crippen LogP contribution in [0.2, 0.25) is 0 Å². The first-order chi connectivity index (χ1) is 7.79. The fourth-order valence-electron chi connectivity index (χ4n) is 1.38. The molecule has 0 aliphatic rings. The van der Waals surface area contributed by atoms with Gasteiger partial charge in [0.15, 0.2) is 5.82 Å². The van der Waals surface area contributed by atoms with Gasteiger partial charge in [-0.1, -0.05) is 0 Å². The molecular formula is C9H12BrN5S. The van der Waals surface area contributed by atoms with Gasteiger partial charge in [-0.2, -0.15) is 0 Å². The SMILES string of the molecule is CNCc1nnnn1CCc1ccc(Br)s1. The van der Waals surface area contributed by atoms with Crippen LogP contribution in [-0.4, -0.2) is 27.3 Å². The van der Waals surface area contributed by atoms with Crippen LogP contribution >= 0.6 is 27.3 Å². The molecule has 0 atom stereocenters. The van der Waals surface area contributed by atoms with Crippen molar-refractivity contribution in [1.29, 1.82) is 0 Å². The predicted octanol–water partition coefficient (Wildman–Crippen LogP) is 1.46. The number of aryl methyl sites for hydroxylation is 2. The maximum absolute atomic E-state index is 3.97. The van der Waals surface area contributed by atoms with Crippen molar-refractivity contribution in [2.24, 2.45) is 0 Å². The molecule has 0 saturated carbocycles. The third kappa shape index (κ3) is 2.87.